The highest BCUT2D eigenvalue weighted by Crippen LogP contribution is 2.12. The predicted octanol–water partition coefficient (Wildman–Crippen LogP) is 2.87. The van der Waals surface area contributed by atoms with E-state index in [4.69, 9.17) is 9.47 Å². The van der Waals surface area contributed by atoms with Crippen LogP contribution in [0.3, 0.4) is 0 Å². The quantitative estimate of drug-likeness (QED) is 0.653. The molecule has 2 unspecified atom stereocenters. The van der Waals surface area contributed by atoms with Gasteiger partial charge in [-0.25, -0.2) is 9.59 Å². The number of benzene rings is 2. The molecule has 0 aliphatic carbocycles. The summed E-state index contributed by atoms with van der Waals surface area (Å²) >= 11 is 0. The first-order chi connectivity index (χ1) is 14.5. The van der Waals surface area contributed by atoms with E-state index in [2.05, 4.69) is 17.6 Å². The van der Waals surface area contributed by atoms with Crippen LogP contribution in [-0.4, -0.2) is 30.2 Å². The molecule has 1 heterocycles. The van der Waals surface area contributed by atoms with Crippen molar-refractivity contribution >= 4 is 18.0 Å². The van der Waals surface area contributed by atoms with E-state index in [1.165, 1.54) is 5.56 Å². The normalized spacial score (nSPS) is 18.3. The van der Waals surface area contributed by atoms with E-state index < -0.39 is 30.2 Å². The van der Waals surface area contributed by atoms with E-state index in [0.29, 0.717) is 0 Å². The molecule has 0 spiro atoms. The third-order valence-electron chi connectivity index (χ3n) is 4.81. The van der Waals surface area contributed by atoms with Gasteiger partial charge in [0.1, 0.15) is 6.61 Å². The fraction of sp³-hybridized carbons (Fsp3) is 0.348. The molecule has 2 N–H and O–H groups in total. The molecule has 158 valence electrons. The fourth-order valence-electron chi connectivity index (χ4n) is 3.10. The summed E-state index contributed by atoms with van der Waals surface area (Å²) in [4.78, 5) is 36.4. The van der Waals surface area contributed by atoms with Crippen LogP contribution in [-0.2, 0) is 38.5 Å². The van der Waals surface area contributed by atoms with Gasteiger partial charge < -0.3 is 14.8 Å². The highest BCUT2D eigenvalue weighted by Gasteiger charge is 2.37. The lowest BCUT2D eigenvalue weighted by Crippen LogP contribution is -2.61. The number of nitrogens with one attached hydrogen (secondary N) is 2. The standard InChI is InChI=1S/C23H26N2O5/c1-2-3-7-16-10-12-18(13-11-16)15-29-23(28)25-20-22(27)30-19(21(26)24-20)14-17-8-5-4-6-9-17/h4-6,8-13,19-20H,2-3,7,14-15H2,1H3,(H,24,26)(H,25,28). The lowest BCUT2D eigenvalue weighted by molar-refractivity contribution is -0.166. The van der Waals surface area contributed by atoms with Gasteiger partial charge in [0, 0.05) is 6.42 Å². The van der Waals surface area contributed by atoms with Gasteiger partial charge in [-0.05, 0) is 29.5 Å². The van der Waals surface area contributed by atoms with Gasteiger partial charge in [-0.1, -0.05) is 67.9 Å². The lowest BCUT2D eigenvalue weighted by atomic mass is 10.1. The van der Waals surface area contributed by atoms with Crippen molar-refractivity contribution in [3.63, 3.8) is 0 Å². The average Bonchev–Trinajstić information content (AvgIpc) is 2.76. The molecular formula is C23H26N2O5. The molecule has 3 rings (SSSR count). The lowest BCUT2D eigenvalue weighted by Gasteiger charge is -2.28. The number of cyclic esters (lactones) is 1. The number of alkyl carbamates (subject to hydrolysis) is 1. The molecule has 0 aromatic heterocycles. The number of morpholine rings is 1. The molecule has 30 heavy (non-hydrogen) atoms. The molecular weight excluding hydrogens is 384 g/mol. The zero-order valence-electron chi connectivity index (χ0n) is 16.9. The smallest absolute Gasteiger partial charge is 0.409 e. The predicted molar refractivity (Wildman–Crippen MR) is 110 cm³/mol. The number of hydrogen-bond acceptors (Lipinski definition) is 5. The summed E-state index contributed by atoms with van der Waals surface area (Å²) in [5.74, 6) is -1.20. The summed E-state index contributed by atoms with van der Waals surface area (Å²) in [6, 6.07) is 17.1. The van der Waals surface area contributed by atoms with Crippen molar-refractivity contribution in [3.05, 3.63) is 71.3 Å². The van der Waals surface area contributed by atoms with E-state index in [0.717, 1.165) is 30.4 Å². The molecule has 0 saturated carbocycles. The summed E-state index contributed by atoms with van der Waals surface area (Å²) < 4.78 is 10.4. The van der Waals surface area contributed by atoms with Crippen LogP contribution in [0, 0.1) is 0 Å². The summed E-state index contributed by atoms with van der Waals surface area (Å²) in [5, 5.41) is 4.79. The van der Waals surface area contributed by atoms with Gasteiger partial charge in [0.05, 0.1) is 0 Å². The minimum Gasteiger partial charge on any atom is -0.449 e. The molecule has 2 aromatic rings. The largest absolute Gasteiger partial charge is 0.449 e. The molecule has 0 radical (unpaired) electrons. The van der Waals surface area contributed by atoms with Gasteiger partial charge in [0.15, 0.2) is 6.10 Å². The Morgan fingerprint density at radius 1 is 1.03 bits per heavy atom. The Labute approximate surface area is 175 Å². The van der Waals surface area contributed by atoms with Crippen molar-refractivity contribution in [2.75, 3.05) is 0 Å². The Bertz CT molecular complexity index is 867. The second-order valence-electron chi connectivity index (χ2n) is 7.20. The maximum Gasteiger partial charge on any atom is 0.409 e. The Hall–Kier alpha value is -3.35. The summed E-state index contributed by atoms with van der Waals surface area (Å²) in [6.07, 6.45) is 0.546. The molecule has 2 aromatic carbocycles. The first-order valence-electron chi connectivity index (χ1n) is 10.1. The SMILES string of the molecule is CCCCc1ccc(COC(=O)NC2NC(=O)C(Cc3ccccc3)OC2=O)cc1. The third-order valence-corrected chi connectivity index (χ3v) is 4.81. The van der Waals surface area contributed by atoms with Crippen LogP contribution < -0.4 is 10.6 Å². The summed E-state index contributed by atoms with van der Waals surface area (Å²) in [5.41, 5.74) is 2.95. The molecule has 1 saturated heterocycles. The zero-order chi connectivity index (χ0) is 21.3. The average molecular weight is 410 g/mol. The number of aryl methyl sites for hydroxylation is 1. The Kier molecular flexibility index (Phi) is 7.43. The minimum absolute atomic E-state index is 0.0617. The molecule has 1 aliphatic heterocycles. The number of carbonyl (C=O) groups is 3. The second-order valence-corrected chi connectivity index (χ2v) is 7.20. The topological polar surface area (TPSA) is 93.7 Å². The van der Waals surface area contributed by atoms with Gasteiger partial charge in [-0.15, -0.1) is 0 Å². The Morgan fingerprint density at radius 2 is 1.73 bits per heavy atom. The maximum absolute atomic E-state index is 12.2. The van der Waals surface area contributed by atoms with E-state index in [1.54, 1.807) is 0 Å². The summed E-state index contributed by atoms with van der Waals surface area (Å²) in [6.45, 7) is 2.21. The highest BCUT2D eigenvalue weighted by atomic mass is 16.6. The van der Waals surface area contributed by atoms with Crippen LogP contribution in [0.15, 0.2) is 54.6 Å². The Balaban J connectivity index is 1.45. The van der Waals surface area contributed by atoms with Crippen molar-refractivity contribution < 1.29 is 23.9 Å². The fourth-order valence-corrected chi connectivity index (χ4v) is 3.10. The monoisotopic (exact) mass is 410 g/mol. The molecule has 1 aliphatic rings. The number of carbonyl (C=O) groups excluding carboxylic acids is 3. The van der Waals surface area contributed by atoms with E-state index in [9.17, 15) is 14.4 Å². The summed E-state index contributed by atoms with van der Waals surface area (Å²) in [7, 11) is 0. The number of rotatable bonds is 8. The maximum atomic E-state index is 12.2. The van der Waals surface area contributed by atoms with Gasteiger partial charge in [0.2, 0.25) is 6.17 Å². The van der Waals surface area contributed by atoms with Crippen molar-refractivity contribution in [3.8, 4) is 0 Å². The van der Waals surface area contributed by atoms with Crippen molar-refractivity contribution in [2.24, 2.45) is 0 Å². The van der Waals surface area contributed by atoms with Gasteiger partial charge in [-0.2, -0.15) is 0 Å². The van der Waals surface area contributed by atoms with Gasteiger partial charge in [0.25, 0.3) is 5.91 Å². The number of esters is 1. The first kappa shape index (κ1) is 21.4. The van der Waals surface area contributed by atoms with Crippen LogP contribution in [0.5, 0.6) is 0 Å². The van der Waals surface area contributed by atoms with Crippen LogP contribution >= 0.6 is 0 Å². The molecule has 2 atom stereocenters. The minimum atomic E-state index is -1.27. The van der Waals surface area contributed by atoms with E-state index in [-0.39, 0.29) is 13.0 Å². The molecule has 7 heteroatoms. The van der Waals surface area contributed by atoms with E-state index in [1.807, 2.05) is 54.6 Å². The van der Waals surface area contributed by atoms with Crippen LogP contribution in [0.2, 0.25) is 0 Å². The van der Waals surface area contributed by atoms with Crippen molar-refractivity contribution in [1.29, 1.82) is 0 Å². The highest BCUT2D eigenvalue weighted by molar-refractivity contribution is 5.94. The number of ether oxygens (including phenoxy) is 2. The number of unbranched alkanes of at least 4 members (excludes halogenated alkanes) is 1. The van der Waals surface area contributed by atoms with Crippen molar-refractivity contribution in [2.45, 2.75) is 51.5 Å². The molecule has 1 fully saturated rings. The molecule has 0 bridgehead atoms. The third kappa shape index (κ3) is 6.07. The molecule has 2 amide bonds. The zero-order valence-corrected chi connectivity index (χ0v) is 16.9. The first-order valence-corrected chi connectivity index (χ1v) is 10.1. The second kappa shape index (κ2) is 10.4. The van der Waals surface area contributed by atoms with Gasteiger partial charge in [-0.3, -0.25) is 10.1 Å². The molecule has 7 nitrogen and oxygen atoms in total. The number of amides is 2. The number of hydrogen-bond donors (Lipinski definition) is 2. The van der Waals surface area contributed by atoms with Crippen molar-refractivity contribution in [1.82, 2.24) is 10.6 Å². The van der Waals surface area contributed by atoms with Crippen LogP contribution in [0.25, 0.3) is 0 Å². The van der Waals surface area contributed by atoms with Crippen LogP contribution in [0.1, 0.15) is 36.5 Å². The Morgan fingerprint density at radius 3 is 2.43 bits per heavy atom. The van der Waals surface area contributed by atoms with E-state index >= 15 is 0 Å². The van der Waals surface area contributed by atoms with Crippen LogP contribution in [0.4, 0.5) is 4.79 Å². The van der Waals surface area contributed by atoms with Gasteiger partial charge >= 0.3 is 12.1 Å².